The van der Waals surface area contributed by atoms with Crippen LogP contribution in [0.2, 0.25) is 0 Å². The molecule has 0 aliphatic carbocycles. The van der Waals surface area contributed by atoms with Crippen LogP contribution in [0.15, 0.2) is 36.7 Å². The van der Waals surface area contributed by atoms with Gasteiger partial charge in [0.2, 0.25) is 0 Å². The zero-order valence-electron chi connectivity index (χ0n) is 17.8. The van der Waals surface area contributed by atoms with Gasteiger partial charge in [0.15, 0.2) is 5.82 Å². The molecular weight excluding hydrogens is 347 g/mol. The van der Waals surface area contributed by atoms with Crippen molar-refractivity contribution in [3.05, 3.63) is 47.8 Å². The summed E-state index contributed by atoms with van der Waals surface area (Å²) < 4.78 is 12.8. The number of aromatic nitrogens is 2. The molecule has 0 aliphatic heterocycles. The summed E-state index contributed by atoms with van der Waals surface area (Å²) in [5, 5.41) is 0. The van der Waals surface area contributed by atoms with Crippen molar-refractivity contribution in [2.24, 2.45) is 0 Å². The van der Waals surface area contributed by atoms with Gasteiger partial charge in [-0.25, -0.2) is 14.4 Å². The lowest BCUT2D eigenvalue weighted by Crippen LogP contribution is -1.95. The summed E-state index contributed by atoms with van der Waals surface area (Å²) >= 11 is 0. The van der Waals surface area contributed by atoms with Crippen molar-refractivity contribution in [2.75, 3.05) is 0 Å². The Morgan fingerprint density at radius 3 is 1.96 bits per heavy atom. The molecule has 2 nitrogen and oxygen atoms in total. The highest BCUT2D eigenvalue weighted by Gasteiger charge is 2.03. The molecule has 2 aromatic rings. The summed E-state index contributed by atoms with van der Waals surface area (Å²) in [4.78, 5) is 9.08. The third-order valence-electron chi connectivity index (χ3n) is 5.30. The minimum Gasteiger partial charge on any atom is -0.248 e. The average Bonchev–Trinajstić information content (AvgIpc) is 2.71. The SMILES string of the molecule is CCCCCCCCc1ccc(-c2ncc(CCCCCC(C)F)cn2)cc1. The molecule has 1 aromatic heterocycles. The third kappa shape index (κ3) is 8.95. The Kier molecular flexibility index (Phi) is 10.8. The number of benzene rings is 1. The van der Waals surface area contributed by atoms with Crippen LogP contribution in [0, 0.1) is 0 Å². The molecule has 1 heterocycles. The van der Waals surface area contributed by atoms with E-state index in [2.05, 4.69) is 41.2 Å². The molecule has 0 saturated heterocycles. The van der Waals surface area contributed by atoms with E-state index in [9.17, 15) is 4.39 Å². The minimum absolute atomic E-state index is 0.671. The third-order valence-corrected chi connectivity index (χ3v) is 5.30. The van der Waals surface area contributed by atoms with Gasteiger partial charge >= 0.3 is 0 Å². The van der Waals surface area contributed by atoms with E-state index in [4.69, 9.17) is 0 Å². The molecule has 1 atom stereocenters. The predicted octanol–water partition coefficient (Wildman–Crippen LogP) is 7.51. The zero-order valence-corrected chi connectivity index (χ0v) is 17.8. The van der Waals surface area contributed by atoms with Gasteiger partial charge in [0.1, 0.15) is 0 Å². The van der Waals surface area contributed by atoms with Crippen LogP contribution >= 0.6 is 0 Å². The summed E-state index contributed by atoms with van der Waals surface area (Å²) in [7, 11) is 0. The van der Waals surface area contributed by atoms with E-state index in [1.54, 1.807) is 6.92 Å². The van der Waals surface area contributed by atoms with Gasteiger partial charge in [-0.15, -0.1) is 0 Å². The molecule has 0 N–H and O–H groups in total. The van der Waals surface area contributed by atoms with E-state index >= 15 is 0 Å². The summed E-state index contributed by atoms with van der Waals surface area (Å²) in [5.41, 5.74) is 3.64. The molecule has 1 aromatic carbocycles. The standard InChI is InChI=1S/C25H37FN2/c1-3-4-5-6-7-10-13-22-15-17-24(18-16-22)25-27-19-23(20-28-25)14-11-8-9-12-21(2)26/h15-21H,3-14H2,1-2H3. The normalized spacial score (nSPS) is 12.2. The Bertz CT molecular complexity index is 635. The fourth-order valence-electron chi connectivity index (χ4n) is 3.49. The molecule has 2 rings (SSSR count). The molecule has 0 aliphatic rings. The minimum atomic E-state index is -0.681. The second kappa shape index (κ2) is 13.4. The van der Waals surface area contributed by atoms with Crippen LogP contribution in [0.1, 0.15) is 89.2 Å². The maximum atomic E-state index is 12.8. The molecule has 28 heavy (non-hydrogen) atoms. The lowest BCUT2D eigenvalue weighted by atomic mass is 10.0. The highest BCUT2D eigenvalue weighted by atomic mass is 19.1. The van der Waals surface area contributed by atoms with Crippen LogP contribution in [0.5, 0.6) is 0 Å². The predicted molar refractivity (Wildman–Crippen MR) is 117 cm³/mol. The number of rotatable bonds is 14. The van der Waals surface area contributed by atoms with Crippen molar-refractivity contribution >= 4 is 0 Å². The summed E-state index contributed by atoms with van der Waals surface area (Å²) in [5.74, 6) is 0.793. The fraction of sp³-hybridized carbons (Fsp3) is 0.600. The van der Waals surface area contributed by atoms with E-state index in [-0.39, 0.29) is 0 Å². The molecular formula is C25H37FN2. The quantitative estimate of drug-likeness (QED) is 0.315. The summed E-state index contributed by atoms with van der Waals surface area (Å²) in [6, 6.07) is 8.70. The second-order valence-corrected chi connectivity index (χ2v) is 8.01. The van der Waals surface area contributed by atoms with Gasteiger partial charge in [-0.1, -0.05) is 76.1 Å². The first kappa shape index (κ1) is 22.5. The van der Waals surface area contributed by atoms with E-state index in [1.807, 2.05) is 12.4 Å². The number of halogens is 1. The van der Waals surface area contributed by atoms with Gasteiger partial charge in [-0.05, 0) is 50.2 Å². The first-order valence-electron chi connectivity index (χ1n) is 11.2. The highest BCUT2D eigenvalue weighted by molar-refractivity contribution is 5.55. The van der Waals surface area contributed by atoms with E-state index < -0.39 is 6.17 Å². The number of hydrogen-bond acceptors (Lipinski definition) is 2. The van der Waals surface area contributed by atoms with E-state index in [1.165, 1.54) is 44.1 Å². The maximum Gasteiger partial charge on any atom is 0.159 e. The van der Waals surface area contributed by atoms with Crippen molar-refractivity contribution in [3.8, 4) is 11.4 Å². The lowest BCUT2D eigenvalue weighted by molar-refractivity contribution is 0.330. The maximum absolute atomic E-state index is 12.8. The smallest absolute Gasteiger partial charge is 0.159 e. The molecule has 1 unspecified atom stereocenters. The molecule has 154 valence electrons. The van der Waals surface area contributed by atoms with Crippen molar-refractivity contribution in [1.82, 2.24) is 9.97 Å². The Balaban J connectivity index is 1.72. The Labute approximate surface area is 171 Å². The molecule has 3 heteroatoms. The van der Waals surface area contributed by atoms with Crippen LogP contribution in [0.3, 0.4) is 0 Å². The highest BCUT2D eigenvalue weighted by Crippen LogP contribution is 2.18. The number of alkyl halides is 1. The largest absolute Gasteiger partial charge is 0.248 e. The first-order valence-corrected chi connectivity index (χ1v) is 11.2. The monoisotopic (exact) mass is 384 g/mol. The van der Waals surface area contributed by atoms with E-state index in [0.717, 1.165) is 49.1 Å². The van der Waals surface area contributed by atoms with Crippen LogP contribution in [0.4, 0.5) is 4.39 Å². The molecule has 0 fully saturated rings. The van der Waals surface area contributed by atoms with Crippen molar-refractivity contribution < 1.29 is 4.39 Å². The van der Waals surface area contributed by atoms with Crippen molar-refractivity contribution in [1.29, 1.82) is 0 Å². The summed E-state index contributed by atoms with van der Waals surface area (Å²) in [6.45, 7) is 3.89. The second-order valence-electron chi connectivity index (χ2n) is 8.01. The van der Waals surface area contributed by atoms with Crippen LogP contribution in [0.25, 0.3) is 11.4 Å². The molecule has 0 radical (unpaired) electrons. The van der Waals surface area contributed by atoms with Gasteiger partial charge in [0.25, 0.3) is 0 Å². The number of nitrogens with zero attached hydrogens (tertiary/aromatic N) is 2. The summed E-state index contributed by atoms with van der Waals surface area (Å²) in [6.07, 6.45) is 17.1. The topological polar surface area (TPSA) is 25.8 Å². The van der Waals surface area contributed by atoms with Gasteiger partial charge in [-0.2, -0.15) is 0 Å². The zero-order chi connectivity index (χ0) is 20.0. The van der Waals surface area contributed by atoms with Crippen LogP contribution in [-0.4, -0.2) is 16.1 Å². The number of unbranched alkanes of at least 4 members (excludes halogenated alkanes) is 7. The van der Waals surface area contributed by atoms with Gasteiger partial charge in [-0.3, -0.25) is 0 Å². The Hall–Kier alpha value is -1.77. The van der Waals surface area contributed by atoms with Crippen molar-refractivity contribution in [3.63, 3.8) is 0 Å². The molecule has 0 saturated carbocycles. The van der Waals surface area contributed by atoms with Gasteiger partial charge < -0.3 is 0 Å². The Morgan fingerprint density at radius 2 is 1.32 bits per heavy atom. The van der Waals surface area contributed by atoms with Crippen LogP contribution < -0.4 is 0 Å². The average molecular weight is 385 g/mol. The van der Waals surface area contributed by atoms with Crippen molar-refractivity contribution in [2.45, 2.75) is 97.1 Å². The number of hydrogen-bond donors (Lipinski definition) is 0. The number of aryl methyl sites for hydroxylation is 2. The van der Waals surface area contributed by atoms with Crippen LogP contribution in [-0.2, 0) is 12.8 Å². The lowest BCUT2D eigenvalue weighted by Gasteiger charge is -2.06. The molecule has 0 bridgehead atoms. The van der Waals surface area contributed by atoms with E-state index in [0.29, 0.717) is 6.42 Å². The Morgan fingerprint density at radius 1 is 0.750 bits per heavy atom. The fourth-order valence-corrected chi connectivity index (χ4v) is 3.49. The molecule has 0 spiro atoms. The first-order chi connectivity index (χ1) is 13.7. The molecule has 0 amide bonds. The van der Waals surface area contributed by atoms with Gasteiger partial charge in [0.05, 0.1) is 6.17 Å². The van der Waals surface area contributed by atoms with Gasteiger partial charge in [0, 0.05) is 18.0 Å².